The number of nitrogens with zero attached hydrogens (tertiary/aromatic N) is 3. The minimum absolute atomic E-state index is 0.152. The van der Waals surface area contributed by atoms with E-state index in [0.717, 1.165) is 11.8 Å². The van der Waals surface area contributed by atoms with E-state index in [4.69, 9.17) is 16.9 Å². The number of hydrogen-bond donors (Lipinski definition) is 0. The van der Waals surface area contributed by atoms with E-state index in [1.165, 1.54) is 21.8 Å². The van der Waals surface area contributed by atoms with Crippen molar-refractivity contribution in [3.8, 4) is 6.07 Å². The summed E-state index contributed by atoms with van der Waals surface area (Å²) in [7, 11) is 2.46. The summed E-state index contributed by atoms with van der Waals surface area (Å²) in [6, 6.07) is 1.82. The summed E-state index contributed by atoms with van der Waals surface area (Å²) >= 11 is 6.57. The van der Waals surface area contributed by atoms with Crippen molar-refractivity contribution < 1.29 is 4.79 Å². The van der Waals surface area contributed by atoms with E-state index in [1.807, 2.05) is 6.07 Å². The zero-order valence-electron chi connectivity index (χ0n) is 6.35. The molecule has 2 rings (SSSR count). The third kappa shape index (κ3) is 1.70. The number of allylic oxidation sites excluding steroid dienone is 1. The van der Waals surface area contributed by atoms with Gasteiger partial charge in [-0.3, -0.25) is 4.79 Å². The molecule has 0 aromatic rings. The van der Waals surface area contributed by atoms with Gasteiger partial charge in [0.15, 0.2) is 10.2 Å². The average molecular weight is 262 g/mol. The topological polar surface area (TPSA) is 65.6 Å². The second kappa shape index (κ2) is 3.98. The van der Waals surface area contributed by atoms with Crippen LogP contribution >= 0.6 is 45.1 Å². The van der Waals surface area contributed by atoms with Crippen LogP contribution in [-0.2, 0) is 4.79 Å². The lowest BCUT2D eigenvalue weighted by atomic mass is 10.4. The number of halogens is 1. The Bertz CT molecular complexity index is 448. The molecule has 0 fully saturated rings. The van der Waals surface area contributed by atoms with Crippen molar-refractivity contribution in [2.45, 2.75) is 0 Å². The standard InChI is InChI=1S/C6ClN3OS3/c7-5-4(13-14-10-5)3-6(11)12-2(1-8)9-3/b4-3-. The minimum atomic E-state index is -0.250. The van der Waals surface area contributed by atoms with Crippen LogP contribution in [0.4, 0.5) is 0 Å². The van der Waals surface area contributed by atoms with Gasteiger partial charge in [-0.1, -0.05) is 11.6 Å². The largest absolute Gasteiger partial charge is 0.279 e. The molecule has 4 nitrogen and oxygen atoms in total. The highest BCUT2D eigenvalue weighted by Gasteiger charge is 2.29. The predicted molar refractivity (Wildman–Crippen MR) is 61.1 cm³/mol. The van der Waals surface area contributed by atoms with Gasteiger partial charge in [0, 0.05) is 0 Å². The second-order valence-corrected chi connectivity index (χ2v) is 5.31. The molecule has 0 spiro atoms. The van der Waals surface area contributed by atoms with Crippen molar-refractivity contribution in [3.05, 3.63) is 10.6 Å². The van der Waals surface area contributed by atoms with E-state index in [9.17, 15) is 4.79 Å². The molecular weight excluding hydrogens is 262 g/mol. The van der Waals surface area contributed by atoms with Gasteiger partial charge in [0.25, 0.3) is 0 Å². The Labute approximate surface area is 96.4 Å². The van der Waals surface area contributed by atoms with Crippen molar-refractivity contribution >= 4 is 60.5 Å². The lowest BCUT2D eigenvalue weighted by Gasteiger charge is -1.94. The Morgan fingerprint density at radius 3 is 2.79 bits per heavy atom. The van der Waals surface area contributed by atoms with Crippen LogP contribution in [0, 0.1) is 11.3 Å². The fourth-order valence-corrected chi connectivity index (χ4v) is 3.73. The summed E-state index contributed by atoms with van der Waals surface area (Å²) in [5.74, 6) is 0. The highest BCUT2D eigenvalue weighted by molar-refractivity contribution is 8.78. The normalized spacial score (nSPS) is 26.1. The van der Waals surface area contributed by atoms with Crippen LogP contribution in [0.2, 0.25) is 0 Å². The van der Waals surface area contributed by atoms with E-state index in [1.54, 1.807) is 0 Å². The lowest BCUT2D eigenvalue weighted by Crippen LogP contribution is -1.95. The molecule has 14 heavy (non-hydrogen) atoms. The molecule has 0 saturated carbocycles. The maximum absolute atomic E-state index is 11.4. The molecule has 70 valence electrons. The first-order chi connectivity index (χ1) is 6.72. The first kappa shape index (κ1) is 10.1. The van der Waals surface area contributed by atoms with Crippen molar-refractivity contribution in [2.24, 2.45) is 9.39 Å². The van der Waals surface area contributed by atoms with Gasteiger partial charge in [0.1, 0.15) is 11.8 Å². The Morgan fingerprint density at radius 1 is 1.50 bits per heavy atom. The number of carbonyl (C=O) groups excluding carboxylic acids is 1. The highest BCUT2D eigenvalue weighted by Crippen LogP contribution is 2.44. The lowest BCUT2D eigenvalue weighted by molar-refractivity contribution is -0.107. The van der Waals surface area contributed by atoms with Crippen LogP contribution in [-0.4, -0.2) is 15.3 Å². The number of carbonyl (C=O) groups is 1. The summed E-state index contributed by atoms with van der Waals surface area (Å²) in [5, 5.41) is 8.73. The molecule has 0 atom stereocenters. The van der Waals surface area contributed by atoms with E-state index in [-0.39, 0.29) is 21.0 Å². The third-order valence-corrected chi connectivity index (χ3v) is 4.40. The highest BCUT2D eigenvalue weighted by atomic mass is 35.5. The maximum atomic E-state index is 11.4. The molecule has 8 heteroatoms. The summed E-state index contributed by atoms with van der Waals surface area (Å²) in [4.78, 5) is 15.8. The predicted octanol–water partition coefficient (Wildman–Crippen LogP) is 2.34. The number of rotatable bonds is 0. The van der Waals surface area contributed by atoms with Crippen LogP contribution in [0.25, 0.3) is 0 Å². The number of hydrogen-bond acceptors (Lipinski definition) is 7. The van der Waals surface area contributed by atoms with Gasteiger partial charge < -0.3 is 0 Å². The molecule has 0 aromatic heterocycles. The Balaban J connectivity index is 2.45. The van der Waals surface area contributed by atoms with Crippen LogP contribution in [0.5, 0.6) is 0 Å². The van der Waals surface area contributed by atoms with Gasteiger partial charge in [-0.05, 0) is 22.6 Å². The number of thioether (sulfide) groups is 1. The molecule has 2 aliphatic rings. The van der Waals surface area contributed by atoms with Gasteiger partial charge in [-0.25, -0.2) is 4.99 Å². The number of nitriles is 1. The molecule has 0 aliphatic carbocycles. The van der Waals surface area contributed by atoms with E-state index in [0.29, 0.717) is 4.91 Å². The summed E-state index contributed by atoms with van der Waals surface area (Å²) < 4.78 is 3.84. The quantitative estimate of drug-likeness (QED) is 0.380. The molecule has 2 heterocycles. The molecule has 0 amide bonds. The Kier molecular flexibility index (Phi) is 2.88. The second-order valence-electron chi connectivity index (χ2n) is 2.14. The molecular formula is C6ClN3OS3. The fraction of sp³-hybridized carbons (Fsp3) is 0. The molecule has 0 N–H and O–H groups in total. The first-order valence-electron chi connectivity index (χ1n) is 3.25. The molecule has 0 saturated heterocycles. The minimum Gasteiger partial charge on any atom is -0.279 e. The summed E-state index contributed by atoms with van der Waals surface area (Å²) in [6.07, 6.45) is 0. The Morgan fingerprint density at radius 2 is 2.29 bits per heavy atom. The first-order valence-corrected chi connectivity index (χ1v) is 6.55. The van der Waals surface area contributed by atoms with E-state index < -0.39 is 0 Å². The molecule has 0 aromatic carbocycles. The zero-order valence-corrected chi connectivity index (χ0v) is 9.56. The van der Waals surface area contributed by atoms with Crippen molar-refractivity contribution in [1.82, 2.24) is 0 Å². The van der Waals surface area contributed by atoms with Crippen molar-refractivity contribution in [1.29, 1.82) is 5.26 Å². The van der Waals surface area contributed by atoms with Crippen molar-refractivity contribution in [3.63, 3.8) is 0 Å². The van der Waals surface area contributed by atoms with Crippen molar-refractivity contribution in [2.75, 3.05) is 0 Å². The van der Waals surface area contributed by atoms with Crippen LogP contribution in [0.15, 0.2) is 20.0 Å². The van der Waals surface area contributed by atoms with Gasteiger partial charge >= 0.3 is 0 Å². The Hall–Kier alpha value is -0.420. The molecule has 0 bridgehead atoms. The molecule has 2 aliphatic heterocycles. The summed E-state index contributed by atoms with van der Waals surface area (Å²) in [6.45, 7) is 0. The van der Waals surface area contributed by atoms with Gasteiger partial charge in [-0.2, -0.15) is 9.66 Å². The van der Waals surface area contributed by atoms with Crippen LogP contribution in [0.1, 0.15) is 0 Å². The molecule has 0 unspecified atom stereocenters. The molecule has 0 radical (unpaired) electrons. The maximum Gasteiger partial charge on any atom is 0.246 e. The van der Waals surface area contributed by atoms with E-state index >= 15 is 0 Å². The number of aliphatic imine (C=N–C) groups is 1. The average Bonchev–Trinajstić information content (AvgIpc) is 2.72. The third-order valence-electron chi connectivity index (χ3n) is 1.33. The monoisotopic (exact) mass is 261 g/mol. The van der Waals surface area contributed by atoms with Crippen LogP contribution < -0.4 is 0 Å². The fourth-order valence-electron chi connectivity index (χ4n) is 0.799. The van der Waals surface area contributed by atoms with Gasteiger partial charge in [0.05, 0.1) is 15.9 Å². The summed E-state index contributed by atoms with van der Waals surface area (Å²) in [5.41, 5.74) is 0.232. The zero-order chi connectivity index (χ0) is 10.1. The smallest absolute Gasteiger partial charge is 0.246 e. The van der Waals surface area contributed by atoms with E-state index in [2.05, 4.69) is 9.39 Å². The van der Waals surface area contributed by atoms with Crippen LogP contribution in [0.3, 0.4) is 0 Å². The SMILES string of the molecule is N#CC1=N/C(=C2\SSN=C2Cl)C(=O)S1. The van der Waals surface area contributed by atoms with Gasteiger partial charge in [0.2, 0.25) is 5.12 Å². The van der Waals surface area contributed by atoms with Gasteiger partial charge in [-0.15, -0.1) is 0 Å².